The molecule has 1 aliphatic carbocycles. The van der Waals surface area contributed by atoms with Gasteiger partial charge in [0, 0.05) is 6.54 Å². The fourth-order valence-electron chi connectivity index (χ4n) is 3.09. The predicted molar refractivity (Wildman–Crippen MR) is 79.0 cm³/mol. The third kappa shape index (κ3) is 2.84. The maximum Gasteiger partial charge on any atom is 0.246 e. The first-order chi connectivity index (χ1) is 9.12. The SMILES string of the molecule is CC(C)C1C(=O)NC(C(C)(C)C)C(=O)N1CC1CC1C. The lowest BCUT2D eigenvalue weighted by Gasteiger charge is -2.44. The van der Waals surface area contributed by atoms with Gasteiger partial charge in [0.2, 0.25) is 11.8 Å². The van der Waals surface area contributed by atoms with E-state index in [1.165, 1.54) is 6.42 Å². The van der Waals surface area contributed by atoms with Gasteiger partial charge in [0.25, 0.3) is 0 Å². The molecule has 0 aromatic rings. The van der Waals surface area contributed by atoms with Crippen molar-refractivity contribution in [2.45, 2.75) is 60.0 Å². The number of hydrogen-bond acceptors (Lipinski definition) is 2. The van der Waals surface area contributed by atoms with Crippen LogP contribution >= 0.6 is 0 Å². The van der Waals surface area contributed by atoms with Crippen LogP contribution in [0.5, 0.6) is 0 Å². The molecule has 2 aliphatic rings. The summed E-state index contributed by atoms with van der Waals surface area (Å²) in [7, 11) is 0. The fraction of sp³-hybridized carbons (Fsp3) is 0.875. The molecule has 4 atom stereocenters. The Labute approximate surface area is 122 Å². The van der Waals surface area contributed by atoms with Crippen molar-refractivity contribution in [1.82, 2.24) is 10.2 Å². The van der Waals surface area contributed by atoms with Gasteiger partial charge in [-0.05, 0) is 29.6 Å². The van der Waals surface area contributed by atoms with Gasteiger partial charge in [-0.3, -0.25) is 9.59 Å². The first-order valence-electron chi connectivity index (χ1n) is 7.73. The van der Waals surface area contributed by atoms with Crippen molar-refractivity contribution in [1.29, 1.82) is 0 Å². The Morgan fingerprint density at radius 1 is 1.30 bits per heavy atom. The molecule has 2 fully saturated rings. The van der Waals surface area contributed by atoms with E-state index in [1.54, 1.807) is 0 Å². The number of rotatable bonds is 3. The Balaban J connectivity index is 2.24. The lowest BCUT2D eigenvalue weighted by molar-refractivity contribution is -0.154. The summed E-state index contributed by atoms with van der Waals surface area (Å²) in [6.07, 6.45) is 1.18. The highest BCUT2D eigenvalue weighted by Crippen LogP contribution is 2.40. The summed E-state index contributed by atoms with van der Waals surface area (Å²) in [4.78, 5) is 27.1. The van der Waals surface area contributed by atoms with E-state index < -0.39 is 6.04 Å². The maximum absolute atomic E-state index is 12.8. The van der Waals surface area contributed by atoms with E-state index in [9.17, 15) is 9.59 Å². The minimum atomic E-state index is -0.404. The molecule has 20 heavy (non-hydrogen) atoms. The van der Waals surface area contributed by atoms with Gasteiger partial charge in [-0.15, -0.1) is 0 Å². The number of carbonyl (C=O) groups is 2. The van der Waals surface area contributed by atoms with Crippen molar-refractivity contribution >= 4 is 11.8 Å². The highest BCUT2D eigenvalue weighted by molar-refractivity contribution is 5.97. The van der Waals surface area contributed by atoms with Crippen LogP contribution in [0.4, 0.5) is 0 Å². The predicted octanol–water partition coefficient (Wildman–Crippen LogP) is 2.04. The Morgan fingerprint density at radius 3 is 2.25 bits per heavy atom. The number of nitrogens with zero attached hydrogens (tertiary/aromatic N) is 1. The zero-order chi connectivity index (χ0) is 15.2. The van der Waals surface area contributed by atoms with E-state index >= 15 is 0 Å². The molecular weight excluding hydrogens is 252 g/mol. The largest absolute Gasteiger partial charge is 0.342 e. The topological polar surface area (TPSA) is 49.4 Å². The first kappa shape index (κ1) is 15.3. The minimum Gasteiger partial charge on any atom is -0.342 e. The van der Waals surface area contributed by atoms with Gasteiger partial charge < -0.3 is 10.2 Å². The molecule has 0 spiro atoms. The molecule has 2 rings (SSSR count). The van der Waals surface area contributed by atoms with Crippen LogP contribution in [0, 0.1) is 23.2 Å². The summed E-state index contributed by atoms with van der Waals surface area (Å²) in [5.41, 5.74) is -0.248. The maximum atomic E-state index is 12.8. The number of amides is 2. The van der Waals surface area contributed by atoms with Gasteiger partial charge in [-0.25, -0.2) is 0 Å². The Morgan fingerprint density at radius 2 is 1.85 bits per heavy atom. The smallest absolute Gasteiger partial charge is 0.246 e. The Hall–Kier alpha value is -1.06. The zero-order valence-corrected chi connectivity index (χ0v) is 13.6. The molecule has 4 nitrogen and oxygen atoms in total. The highest BCUT2D eigenvalue weighted by atomic mass is 16.2. The first-order valence-corrected chi connectivity index (χ1v) is 7.73. The Bertz CT molecular complexity index is 411. The second-order valence-corrected chi connectivity index (χ2v) is 7.96. The van der Waals surface area contributed by atoms with E-state index in [1.807, 2.05) is 39.5 Å². The second-order valence-electron chi connectivity index (χ2n) is 7.96. The fourth-order valence-corrected chi connectivity index (χ4v) is 3.09. The molecule has 4 heteroatoms. The third-order valence-corrected chi connectivity index (χ3v) is 4.63. The third-order valence-electron chi connectivity index (χ3n) is 4.63. The second kappa shape index (κ2) is 5.05. The standard InChI is InChI=1S/C16H28N2O2/c1-9(2)12-14(19)17-13(16(4,5)6)15(20)18(12)8-11-7-10(11)3/h9-13H,7-8H2,1-6H3,(H,17,19). The summed E-state index contributed by atoms with van der Waals surface area (Å²) in [6.45, 7) is 13.0. The van der Waals surface area contributed by atoms with E-state index in [2.05, 4.69) is 12.2 Å². The summed E-state index contributed by atoms with van der Waals surface area (Å²) in [5.74, 6) is 1.51. The van der Waals surface area contributed by atoms with Crippen molar-refractivity contribution in [3.63, 3.8) is 0 Å². The number of piperazine rings is 1. The van der Waals surface area contributed by atoms with Crippen LogP contribution in [0.2, 0.25) is 0 Å². The van der Waals surface area contributed by atoms with E-state index in [0.717, 1.165) is 6.54 Å². The molecule has 2 amide bonds. The van der Waals surface area contributed by atoms with E-state index in [-0.39, 0.29) is 29.2 Å². The van der Waals surface area contributed by atoms with Gasteiger partial charge in [0.15, 0.2) is 0 Å². The van der Waals surface area contributed by atoms with Crippen LogP contribution < -0.4 is 5.32 Å². The van der Waals surface area contributed by atoms with Gasteiger partial charge in [0.1, 0.15) is 12.1 Å². The minimum absolute atomic E-state index is 0.00725. The summed E-state index contributed by atoms with van der Waals surface area (Å²) >= 11 is 0. The average molecular weight is 280 g/mol. The van der Waals surface area contributed by atoms with Gasteiger partial charge >= 0.3 is 0 Å². The van der Waals surface area contributed by atoms with Crippen molar-refractivity contribution < 1.29 is 9.59 Å². The molecule has 0 aromatic carbocycles. The van der Waals surface area contributed by atoms with E-state index in [0.29, 0.717) is 11.8 Å². The molecule has 0 radical (unpaired) electrons. The molecule has 4 unspecified atom stereocenters. The molecule has 0 bridgehead atoms. The van der Waals surface area contributed by atoms with Crippen molar-refractivity contribution in [3.05, 3.63) is 0 Å². The van der Waals surface area contributed by atoms with Crippen molar-refractivity contribution in [2.24, 2.45) is 23.2 Å². The van der Waals surface area contributed by atoms with Crippen LogP contribution in [0.25, 0.3) is 0 Å². The van der Waals surface area contributed by atoms with Gasteiger partial charge in [-0.2, -0.15) is 0 Å². The van der Waals surface area contributed by atoms with Crippen LogP contribution in [0.15, 0.2) is 0 Å². The summed E-state index contributed by atoms with van der Waals surface area (Å²) in [5, 5.41) is 2.94. The summed E-state index contributed by atoms with van der Waals surface area (Å²) in [6, 6.07) is -0.715. The molecule has 114 valence electrons. The molecule has 1 saturated heterocycles. The Kier molecular flexibility index (Phi) is 3.87. The molecule has 0 aromatic heterocycles. The van der Waals surface area contributed by atoms with Gasteiger partial charge in [-0.1, -0.05) is 41.5 Å². The molecular formula is C16H28N2O2. The van der Waals surface area contributed by atoms with Crippen LogP contribution in [0.3, 0.4) is 0 Å². The zero-order valence-electron chi connectivity index (χ0n) is 13.6. The lowest BCUT2D eigenvalue weighted by Crippen LogP contribution is -2.68. The molecule has 1 N–H and O–H groups in total. The molecule has 1 aliphatic heterocycles. The number of nitrogens with one attached hydrogen (secondary N) is 1. The van der Waals surface area contributed by atoms with Crippen LogP contribution in [-0.4, -0.2) is 35.3 Å². The van der Waals surface area contributed by atoms with Crippen LogP contribution in [0.1, 0.15) is 48.0 Å². The molecule has 1 saturated carbocycles. The monoisotopic (exact) mass is 280 g/mol. The van der Waals surface area contributed by atoms with Gasteiger partial charge in [0.05, 0.1) is 0 Å². The number of hydrogen-bond donors (Lipinski definition) is 1. The van der Waals surface area contributed by atoms with Crippen molar-refractivity contribution in [3.8, 4) is 0 Å². The molecule has 1 heterocycles. The highest BCUT2D eigenvalue weighted by Gasteiger charge is 2.48. The normalized spacial score (nSPS) is 34.5. The van der Waals surface area contributed by atoms with Crippen molar-refractivity contribution in [2.75, 3.05) is 6.54 Å². The summed E-state index contributed by atoms with van der Waals surface area (Å²) < 4.78 is 0. The van der Waals surface area contributed by atoms with Crippen LogP contribution in [-0.2, 0) is 9.59 Å². The quantitative estimate of drug-likeness (QED) is 0.860. The average Bonchev–Trinajstić information content (AvgIpc) is 2.97. The lowest BCUT2D eigenvalue weighted by atomic mass is 9.82. The number of carbonyl (C=O) groups excluding carboxylic acids is 2. The van der Waals surface area contributed by atoms with E-state index in [4.69, 9.17) is 0 Å².